The van der Waals surface area contributed by atoms with Gasteiger partial charge in [-0.1, -0.05) is 13.8 Å². The zero-order valence-electron chi connectivity index (χ0n) is 12.1. The monoisotopic (exact) mass is 278 g/mol. The Bertz CT molecular complexity index is 270. The van der Waals surface area contributed by atoms with Crippen LogP contribution in [0.25, 0.3) is 0 Å². The molecular formula is C14H20Zr. The predicted octanol–water partition coefficient (Wildman–Crippen LogP) is 4.39. The van der Waals surface area contributed by atoms with Crippen LogP contribution >= 0.6 is 0 Å². The van der Waals surface area contributed by atoms with E-state index in [1.807, 2.05) is 0 Å². The van der Waals surface area contributed by atoms with Crippen LogP contribution in [0.5, 0.6) is 0 Å². The summed E-state index contributed by atoms with van der Waals surface area (Å²) in [5.74, 6) is 0. The van der Waals surface area contributed by atoms with Gasteiger partial charge in [-0.25, -0.2) is 22.3 Å². The van der Waals surface area contributed by atoms with Crippen LogP contribution in [0.15, 0.2) is 34.4 Å². The van der Waals surface area contributed by atoms with Crippen molar-refractivity contribution < 1.29 is 29.1 Å². The largest absolute Gasteiger partial charge is 4.00 e. The third-order valence-electron chi connectivity index (χ3n) is 2.73. The normalized spacial score (nSPS) is 17.9. The van der Waals surface area contributed by atoms with E-state index in [0.717, 1.165) is 12.8 Å². The van der Waals surface area contributed by atoms with Gasteiger partial charge in [0.25, 0.3) is 0 Å². The fourth-order valence-electron chi connectivity index (χ4n) is 1.30. The van der Waals surface area contributed by atoms with E-state index < -0.39 is 0 Å². The average Bonchev–Trinajstić information content (AvgIpc) is 2.67. The molecule has 2 rings (SSSR count). The summed E-state index contributed by atoms with van der Waals surface area (Å²) in [6, 6.07) is 0. The molecule has 0 bridgehead atoms. The van der Waals surface area contributed by atoms with Gasteiger partial charge in [-0.3, -0.25) is 12.2 Å². The van der Waals surface area contributed by atoms with Crippen molar-refractivity contribution >= 4 is 0 Å². The molecule has 0 fully saturated rings. The number of hydrogen-bond donors (Lipinski definition) is 0. The zero-order chi connectivity index (χ0) is 10.6. The molecule has 0 amide bonds. The fraction of sp³-hybridized carbons (Fsp3) is 0.429. The Balaban J connectivity index is -0.000000196. The van der Waals surface area contributed by atoms with Crippen molar-refractivity contribution in [2.24, 2.45) is 0 Å². The van der Waals surface area contributed by atoms with Crippen LogP contribution in [0, 0.1) is 12.2 Å². The third-order valence-corrected chi connectivity index (χ3v) is 2.73. The minimum Gasteiger partial charge on any atom is -1.00 e. The molecule has 0 radical (unpaired) electrons. The molecule has 2 aliphatic carbocycles. The summed E-state index contributed by atoms with van der Waals surface area (Å²) < 4.78 is 0. The van der Waals surface area contributed by atoms with E-state index in [4.69, 9.17) is 0 Å². The van der Waals surface area contributed by atoms with E-state index in [1.54, 1.807) is 0 Å². The maximum Gasteiger partial charge on any atom is 4.00 e. The van der Waals surface area contributed by atoms with Gasteiger partial charge in [0, 0.05) is 0 Å². The molecule has 0 aromatic carbocycles. The quantitative estimate of drug-likeness (QED) is 0.577. The van der Waals surface area contributed by atoms with Gasteiger partial charge in [-0.15, -0.1) is 26.7 Å². The topological polar surface area (TPSA) is 0 Å². The van der Waals surface area contributed by atoms with E-state index in [2.05, 4.69) is 52.0 Å². The molecule has 0 heterocycles. The Morgan fingerprint density at radius 1 is 0.867 bits per heavy atom. The van der Waals surface area contributed by atoms with Gasteiger partial charge in [-0.2, -0.15) is 12.2 Å². The second-order valence-corrected chi connectivity index (χ2v) is 3.79. The van der Waals surface area contributed by atoms with Crippen molar-refractivity contribution in [2.45, 2.75) is 40.5 Å². The first-order valence-electron chi connectivity index (χ1n) is 5.10. The van der Waals surface area contributed by atoms with E-state index in [1.165, 1.54) is 22.3 Å². The molecule has 0 saturated carbocycles. The molecule has 2 aliphatic rings. The van der Waals surface area contributed by atoms with Crippen LogP contribution in [0.4, 0.5) is 0 Å². The Morgan fingerprint density at radius 3 is 1.27 bits per heavy atom. The van der Waals surface area contributed by atoms with Crippen LogP contribution in [0.1, 0.15) is 43.4 Å². The molecule has 80 valence electrons. The molecule has 0 aliphatic heterocycles. The third kappa shape index (κ3) is 4.93. The summed E-state index contributed by atoms with van der Waals surface area (Å²) in [4.78, 5) is 0. The molecule has 0 N–H and O–H groups in total. The first-order chi connectivity index (χ1) is 6.61. The minimum atomic E-state index is 0. The van der Waals surface area contributed by atoms with Crippen LogP contribution in [0.3, 0.4) is 0 Å². The predicted molar refractivity (Wildman–Crippen MR) is 63.8 cm³/mol. The SMILES string of the molecule is CC1=[C-]CC=C1C.CC1=[C-]CC=C1C.[H-].[H-].[Zr+4]. The summed E-state index contributed by atoms with van der Waals surface area (Å²) in [6.07, 6.45) is 12.8. The molecule has 0 aromatic rings. The smallest absolute Gasteiger partial charge is 1.00 e. The maximum atomic E-state index is 3.19. The van der Waals surface area contributed by atoms with Crippen molar-refractivity contribution in [3.05, 3.63) is 46.6 Å². The summed E-state index contributed by atoms with van der Waals surface area (Å²) >= 11 is 0. The molecule has 1 heteroatoms. The second kappa shape index (κ2) is 7.17. The Hall–Kier alpha value is -0.157. The molecular weight excluding hydrogens is 259 g/mol. The van der Waals surface area contributed by atoms with E-state index in [9.17, 15) is 0 Å². The van der Waals surface area contributed by atoms with Crippen LogP contribution in [0.2, 0.25) is 0 Å². The van der Waals surface area contributed by atoms with Gasteiger partial charge < -0.3 is 2.85 Å². The van der Waals surface area contributed by atoms with Gasteiger partial charge in [0.1, 0.15) is 0 Å². The van der Waals surface area contributed by atoms with Gasteiger partial charge in [0.2, 0.25) is 0 Å². The fourth-order valence-corrected chi connectivity index (χ4v) is 1.30. The summed E-state index contributed by atoms with van der Waals surface area (Å²) in [7, 11) is 0. The summed E-state index contributed by atoms with van der Waals surface area (Å²) in [5.41, 5.74) is 5.42. The van der Waals surface area contributed by atoms with Gasteiger partial charge in [-0.05, 0) is 0 Å². The molecule has 0 aromatic heterocycles. The Labute approximate surface area is 116 Å². The van der Waals surface area contributed by atoms with Crippen molar-refractivity contribution in [1.29, 1.82) is 0 Å². The van der Waals surface area contributed by atoms with Crippen molar-refractivity contribution in [3.8, 4) is 0 Å². The van der Waals surface area contributed by atoms with Crippen molar-refractivity contribution in [3.63, 3.8) is 0 Å². The van der Waals surface area contributed by atoms with Crippen molar-refractivity contribution in [2.75, 3.05) is 0 Å². The number of rotatable bonds is 0. The molecule has 0 nitrogen and oxygen atoms in total. The maximum absolute atomic E-state index is 3.19. The average molecular weight is 280 g/mol. The van der Waals surface area contributed by atoms with Gasteiger partial charge >= 0.3 is 26.2 Å². The number of hydrogen-bond acceptors (Lipinski definition) is 0. The van der Waals surface area contributed by atoms with E-state index >= 15 is 0 Å². The first-order valence-corrected chi connectivity index (χ1v) is 5.10. The zero-order valence-corrected chi connectivity index (χ0v) is 12.5. The van der Waals surface area contributed by atoms with E-state index in [-0.39, 0.29) is 29.1 Å². The molecule has 0 spiro atoms. The molecule has 0 atom stereocenters. The number of allylic oxidation sites excluding steroid dienone is 8. The van der Waals surface area contributed by atoms with Crippen LogP contribution in [-0.2, 0) is 26.2 Å². The van der Waals surface area contributed by atoms with E-state index in [0.29, 0.717) is 0 Å². The Kier molecular flexibility index (Phi) is 7.10. The molecule has 15 heavy (non-hydrogen) atoms. The Morgan fingerprint density at radius 2 is 1.20 bits per heavy atom. The second-order valence-electron chi connectivity index (χ2n) is 3.79. The summed E-state index contributed by atoms with van der Waals surface area (Å²) in [6.45, 7) is 8.43. The molecule has 0 unspecified atom stereocenters. The first kappa shape index (κ1) is 14.8. The van der Waals surface area contributed by atoms with Crippen molar-refractivity contribution in [1.82, 2.24) is 0 Å². The standard InChI is InChI=1S/2C7H9.Zr.2H/c2*1-6-4-3-5-7(6)2;;;/h2*4H,3H2,1-2H3;;;/q2*-1;+4;2*-1. The summed E-state index contributed by atoms with van der Waals surface area (Å²) in [5, 5.41) is 0. The minimum absolute atomic E-state index is 0. The molecule has 0 saturated heterocycles. The van der Waals surface area contributed by atoms with Crippen LogP contribution in [-0.4, -0.2) is 0 Å². The van der Waals surface area contributed by atoms with Crippen LogP contribution < -0.4 is 0 Å². The van der Waals surface area contributed by atoms with Gasteiger partial charge in [0.15, 0.2) is 0 Å². The van der Waals surface area contributed by atoms with Gasteiger partial charge in [0.05, 0.1) is 0 Å².